The van der Waals surface area contributed by atoms with Crippen LogP contribution in [0.1, 0.15) is 5.56 Å². The Morgan fingerprint density at radius 2 is 1.88 bits per heavy atom. The molecule has 5 nitrogen and oxygen atoms in total. The average molecular weight is 437 g/mol. The second-order valence-corrected chi connectivity index (χ2v) is 6.08. The smallest absolute Gasteiger partial charge is 0.413 e. The summed E-state index contributed by atoms with van der Waals surface area (Å²) in [5.41, 5.74) is 1.53. The Kier molecular flexibility index (Phi) is 5.09. The van der Waals surface area contributed by atoms with Crippen LogP contribution in [0.2, 0.25) is 0 Å². The first-order valence-corrected chi connectivity index (χ1v) is 8.18. The lowest BCUT2D eigenvalue weighted by molar-refractivity contribution is 0.155. The van der Waals surface area contributed by atoms with E-state index in [0.717, 1.165) is 9.13 Å². The molecule has 0 bridgehead atoms. The van der Waals surface area contributed by atoms with Crippen LogP contribution in [0.5, 0.6) is 0 Å². The van der Waals surface area contributed by atoms with Crippen molar-refractivity contribution < 1.29 is 13.9 Å². The average Bonchev–Trinajstić information content (AvgIpc) is 2.95. The number of hydrogen-bond donors (Lipinski definition) is 1. The van der Waals surface area contributed by atoms with Gasteiger partial charge in [0.2, 0.25) is 0 Å². The molecule has 1 heterocycles. The number of carbonyl (C=O) groups excluding carboxylic acids is 1. The summed E-state index contributed by atoms with van der Waals surface area (Å²) in [4.78, 5) is 12.0. The fourth-order valence-corrected chi connectivity index (χ4v) is 2.56. The van der Waals surface area contributed by atoms with E-state index in [2.05, 4.69) is 33.0 Å². The number of hydrogen-bond acceptors (Lipinski definition) is 3. The summed E-state index contributed by atoms with van der Waals surface area (Å²) < 4.78 is 20.5. The van der Waals surface area contributed by atoms with Crippen molar-refractivity contribution >= 4 is 34.5 Å². The van der Waals surface area contributed by atoms with Gasteiger partial charge in [-0.15, -0.1) is 0 Å². The van der Waals surface area contributed by atoms with Gasteiger partial charge in [-0.1, -0.05) is 30.3 Å². The SMILES string of the molecule is O=C(Nc1c(I)cnn1-c1ccc(F)cc1)OCc1ccccc1. The molecule has 24 heavy (non-hydrogen) atoms. The van der Waals surface area contributed by atoms with Crippen LogP contribution < -0.4 is 5.32 Å². The van der Waals surface area contributed by atoms with Crippen molar-refractivity contribution in [2.24, 2.45) is 0 Å². The second kappa shape index (κ2) is 7.43. The third-order valence-corrected chi connectivity index (χ3v) is 4.02. The van der Waals surface area contributed by atoms with Crippen LogP contribution in [0.25, 0.3) is 5.69 Å². The number of aromatic nitrogens is 2. The van der Waals surface area contributed by atoms with Crippen molar-refractivity contribution in [3.05, 3.63) is 75.7 Å². The van der Waals surface area contributed by atoms with Crippen LogP contribution in [0.4, 0.5) is 15.0 Å². The van der Waals surface area contributed by atoms with Gasteiger partial charge in [0, 0.05) is 0 Å². The van der Waals surface area contributed by atoms with Crippen molar-refractivity contribution in [2.45, 2.75) is 6.61 Å². The molecule has 0 aliphatic rings. The molecule has 0 saturated carbocycles. The maximum absolute atomic E-state index is 13.1. The molecule has 3 aromatic rings. The van der Waals surface area contributed by atoms with Gasteiger partial charge in [0.1, 0.15) is 12.4 Å². The summed E-state index contributed by atoms with van der Waals surface area (Å²) in [6.07, 6.45) is 1.03. The number of rotatable bonds is 4. The fourth-order valence-electron chi connectivity index (χ4n) is 2.08. The molecule has 0 radical (unpaired) electrons. The van der Waals surface area contributed by atoms with E-state index in [4.69, 9.17) is 4.74 Å². The zero-order valence-corrected chi connectivity index (χ0v) is 14.6. The molecular formula is C17H13FIN3O2. The number of anilines is 1. The molecule has 0 aliphatic carbocycles. The second-order valence-electron chi connectivity index (χ2n) is 4.92. The standard InChI is InChI=1S/C17H13FIN3O2/c18-13-6-8-14(9-7-13)22-16(15(19)10-20-22)21-17(23)24-11-12-4-2-1-3-5-12/h1-10H,11H2,(H,21,23). The fraction of sp³-hybridized carbons (Fsp3) is 0.0588. The molecule has 0 aliphatic heterocycles. The highest BCUT2D eigenvalue weighted by molar-refractivity contribution is 14.1. The summed E-state index contributed by atoms with van der Waals surface area (Å²) in [6, 6.07) is 15.2. The molecule has 2 aromatic carbocycles. The first-order chi connectivity index (χ1) is 11.6. The highest BCUT2D eigenvalue weighted by atomic mass is 127. The van der Waals surface area contributed by atoms with Crippen molar-refractivity contribution in [3.8, 4) is 5.69 Å². The minimum absolute atomic E-state index is 0.175. The van der Waals surface area contributed by atoms with E-state index in [1.165, 1.54) is 16.8 Å². The van der Waals surface area contributed by atoms with E-state index in [9.17, 15) is 9.18 Å². The molecule has 0 fully saturated rings. The minimum atomic E-state index is -0.583. The van der Waals surface area contributed by atoms with Crippen molar-refractivity contribution in [1.82, 2.24) is 9.78 Å². The van der Waals surface area contributed by atoms with E-state index >= 15 is 0 Å². The molecule has 0 atom stereocenters. The topological polar surface area (TPSA) is 56.2 Å². The number of halogens is 2. The number of nitrogens with one attached hydrogen (secondary N) is 1. The zero-order chi connectivity index (χ0) is 16.9. The lowest BCUT2D eigenvalue weighted by Crippen LogP contribution is -2.17. The quantitative estimate of drug-likeness (QED) is 0.618. The Hall–Kier alpha value is -2.42. The van der Waals surface area contributed by atoms with Gasteiger partial charge in [-0.25, -0.2) is 13.9 Å². The molecule has 0 spiro atoms. The maximum atomic E-state index is 13.1. The zero-order valence-electron chi connectivity index (χ0n) is 12.4. The number of ether oxygens (including phenoxy) is 1. The summed E-state index contributed by atoms with van der Waals surface area (Å²) in [6.45, 7) is 0.175. The predicted octanol–water partition coefficient (Wildman–Crippen LogP) is 4.36. The molecule has 0 unspecified atom stereocenters. The number of carbonyl (C=O) groups is 1. The summed E-state index contributed by atoms with van der Waals surface area (Å²) >= 11 is 2.06. The lowest BCUT2D eigenvalue weighted by Gasteiger charge is -2.10. The van der Waals surface area contributed by atoms with Crippen LogP contribution in [0.15, 0.2) is 60.8 Å². The third kappa shape index (κ3) is 3.91. The molecule has 0 saturated heterocycles. The largest absolute Gasteiger partial charge is 0.444 e. The Labute approximate surface area is 151 Å². The molecule has 1 aromatic heterocycles. The Balaban J connectivity index is 1.72. The Morgan fingerprint density at radius 3 is 2.58 bits per heavy atom. The van der Waals surface area contributed by atoms with Crippen LogP contribution in [0.3, 0.4) is 0 Å². The van der Waals surface area contributed by atoms with Crippen LogP contribution in [-0.2, 0) is 11.3 Å². The first kappa shape index (κ1) is 16.4. The highest BCUT2D eigenvalue weighted by Crippen LogP contribution is 2.22. The third-order valence-electron chi connectivity index (χ3n) is 3.23. The van der Waals surface area contributed by atoms with Crippen LogP contribution in [-0.4, -0.2) is 15.9 Å². The van der Waals surface area contributed by atoms with Crippen molar-refractivity contribution in [1.29, 1.82) is 0 Å². The number of nitrogens with zero attached hydrogens (tertiary/aromatic N) is 2. The normalized spacial score (nSPS) is 10.4. The molecule has 3 rings (SSSR count). The maximum Gasteiger partial charge on any atom is 0.413 e. The van der Waals surface area contributed by atoms with E-state index in [-0.39, 0.29) is 12.4 Å². The summed E-state index contributed by atoms with van der Waals surface area (Å²) in [5.74, 6) is 0.137. The number of amides is 1. The van der Waals surface area contributed by atoms with Gasteiger partial charge in [0.15, 0.2) is 5.82 Å². The molecule has 1 amide bonds. The Morgan fingerprint density at radius 1 is 1.17 bits per heavy atom. The van der Waals surface area contributed by atoms with E-state index in [0.29, 0.717) is 11.5 Å². The minimum Gasteiger partial charge on any atom is -0.444 e. The number of benzene rings is 2. The predicted molar refractivity (Wildman–Crippen MR) is 96.5 cm³/mol. The van der Waals surface area contributed by atoms with Gasteiger partial charge in [-0.2, -0.15) is 5.10 Å². The van der Waals surface area contributed by atoms with Gasteiger partial charge in [0.05, 0.1) is 15.5 Å². The highest BCUT2D eigenvalue weighted by Gasteiger charge is 2.14. The molecule has 7 heteroatoms. The summed E-state index contributed by atoms with van der Waals surface area (Å²) in [5, 5.41) is 6.88. The van der Waals surface area contributed by atoms with E-state index < -0.39 is 6.09 Å². The monoisotopic (exact) mass is 437 g/mol. The van der Waals surface area contributed by atoms with Crippen LogP contribution >= 0.6 is 22.6 Å². The molecule has 122 valence electrons. The van der Waals surface area contributed by atoms with Crippen LogP contribution in [0, 0.1) is 9.39 Å². The van der Waals surface area contributed by atoms with Crippen molar-refractivity contribution in [2.75, 3.05) is 5.32 Å². The van der Waals surface area contributed by atoms with Gasteiger partial charge in [-0.05, 0) is 52.4 Å². The van der Waals surface area contributed by atoms with E-state index in [1.807, 2.05) is 30.3 Å². The van der Waals surface area contributed by atoms with Gasteiger partial charge >= 0.3 is 6.09 Å². The lowest BCUT2D eigenvalue weighted by atomic mass is 10.2. The van der Waals surface area contributed by atoms with E-state index in [1.54, 1.807) is 18.3 Å². The van der Waals surface area contributed by atoms with Gasteiger partial charge in [-0.3, -0.25) is 5.32 Å². The summed E-state index contributed by atoms with van der Waals surface area (Å²) in [7, 11) is 0. The van der Waals surface area contributed by atoms with Gasteiger partial charge < -0.3 is 4.74 Å². The van der Waals surface area contributed by atoms with Gasteiger partial charge in [0.25, 0.3) is 0 Å². The first-order valence-electron chi connectivity index (χ1n) is 7.10. The van der Waals surface area contributed by atoms with Crippen molar-refractivity contribution in [3.63, 3.8) is 0 Å². The molecular weight excluding hydrogens is 424 g/mol. The Bertz CT molecular complexity index is 835. The molecule has 1 N–H and O–H groups in total.